The van der Waals surface area contributed by atoms with Gasteiger partial charge in [0.15, 0.2) is 0 Å². The van der Waals surface area contributed by atoms with E-state index >= 15 is 0 Å². The van der Waals surface area contributed by atoms with Gasteiger partial charge in [-0.05, 0) is 70.6 Å². The molecule has 5 nitrogen and oxygen atoms in total. The number of esters is 1. The lowest BCUT2D eigenvalue weighted by Gasteiger charge is -2.35. The average Bonchev–Trinajstić information content (AvgIpc) is 3.52. The minimum atomic E-state index is -0.635. The molecule has 5 heteroatoms. The van der Waals surface area contributed by atoms with Crippen molar-refractivity contribution in [1.82, 2.24) is 0 Å². The summed E-state index contributed by atoms with van der Waals surface area (Å²) in [5.41, 5.74) is -0.0216. The maximum Gasteiger partial charge on any atom is 0.330 e. The highest BCUT2D eigenvalue weighted by Crippen LogP contribution is 2.45. The van der Waals surface area contributed by atoms with Crippen molar-refractivity contribution >= 4 is 5.97 Å². The first-order valence-corrected chi connectivity index (χ1v) is 15.0. The molecule has 1 saturated carbocycles. The monoisotopic (exact) mass is 526 g/mol. The van der Waals surface area contributed by atoms with Crippen LogP contribution in [0.2, 0.25) is 0 Å². The maximum atomic E-state index is 12.9. The molecule has 0 amide bonds. The van der Waals surface area contributed by atoms with E-state index in [0.29, 0.717) is 31.1 Å². The van der Waals surface area contributed by atoms with Crippen molar-refractivity contribution in [3.05, 3.63) is 48.6 Å². The van der Waals surface area contributed by atoms with Gasteiger partial charge in [-0.15, -0.1) is 0 Å². The highest BCUT2D eigenvalue weighted by atomic mass is 16.6. The van der Waals surface area contributed by atoms with Gasteiger partial charge in [0.1, 0.15) is 11.7 Å². The van der Waals surface area contributed by atoms with Crippen LogP contribution < -0.4 is 0 Å². The van der Waals surface area contributed by atoms with Gasteiger partial charge in [-0.2, -0.15) is 0 Å². The molecule has 1 saturated heterocycles. The number of epoxide rings is 1. The van der Waals surface area contributed by atoms with Crippen molar-refractivity contribution in [3.8, 4) is 0 Å². The normalized spacial score (nSPS) is 41.6. The fraction of sp³-hybridized carbons (Fsp3) is 0.727. The molecular formula is C33H50O5. The summed E-state index contributed by atoms with van der Waals surface area (Å²) in [5, 5.41) is 11.1. The Morgan fingerprint density at radius 1 is 1.11 bits per heavy atom. The third-order valence-corrected chi connectivity index (χ3v) is 9.14. The Balaban J connectivity index is 1.50. The quantitative estimate of drug-likeness (QED) is 0.243. The number of carbonyl (C=O) groups excluding carboxylic acids is 1. The Labute approximate surface area is 230 Å². The number of carbonyl (C=O) groups is 1. The van der Waals surface area contributed by atoms with Gasteiger partial charge in [0.2, 0.25) is 0 Å². The number of aliphatic hydroxyl groups excluding tert-OH is 1. The Morgan fingerprint density at radius 2 is 1.87 bits per heavy atom. The van der Waals surface area contributed by atoms with Crippen LogP contribution in [0.1, 0.15) is 98.3 Å². The van der Waals surface area contributed by atoms with Gasteiger partial charge in [0, 0.05) is 18.4 Å². The Bertz CT molecular complexity index is 914. The van der Waals surface area contributed by atoms with E-state index in [0.717, 1.165) is 24.8 Å². The van der Waals surface area contributed by atoms with E-state index < -0.39 is 17.3 Å². The van der Waals surface area contributed by atoms with Crippen LogP contribution in [-0.4, -0.2) is 46.7 Å². The third-order valence-electron chi connectivity index (χ3n) is 9.14. The zero-order valence-electron chi connectivity index (χ0n) is 24.1. The fourth-order valence-corrected chi connectivity index (χ4v) is 6.57. The summed E-state index contributed by atoms with van der Waals surface area (Å²) in [6.07, 6.45) is 22.1. The maximum absolute atomic E-state index is 12.9. The Hall–Kier alpha value is -1.69. The van der Waals surface area contributed by atoms with Crippen molar-refractivity contribution in [1.29, 1.82) is 0 Å². The lowest BCUT2D eigenvalue weighted by molar-refractivity contribution is -0.145. The van der Waals surface area contributed by atoms with Crippen LogP contribution in [0.3, 0.4) is 0 Å². The highest BCUT2D eigenvalue weighted by molar-refractivity contribution is 5.82. The predicted molar refractivity (Wildman–Crippen MR) is 152 cm³/mol. The number of hydrogen-bond donors (Lipinski definition) is 1. The zero-order chi connectivity index (χ0) is 27.3. The summed E-state index contributed by atoms with van der Waals surface area (Å²) in [7, 11) is 0. The molecule has 0 radical (unpaired) electrons. The summed E-state index contributed by atoms with van der Waals surface area (Å²) in [5.74, 6) is 0.750. The van der Waals surface area contributed by atoms with Crippen LogP contribution in [-0.2, 0) is 19.0 Å². The van der Waals surface area contributed by atoms with Crippen LogP contribution in [0.15, 0.2) is 48.6 Å². The Morgan fingerprint density at radius 3 is 2.63 bits per heavy atom. The molecule has 3 aliphatic heterocycles. The summed E-state index contributed by atoms with van der Waals surface area (Å²) in [6.45, 7) is 12.7. The van der Waals surface area contributed by atoms with E-state index in [1.165, 1.54) is 32.1 Å². The topological polar surface area (TPSA) is 68.3 Å². The molecule has 0 aromatic carbocycles. The second kappa shape index (κ2) is 12.7. The van der Waals surface area contributed by atoms with Gasteiger partial charge < -0.3 is 19.3 Å². The van der Waals surface area contributed by atoms with Crippen molar-refractivity contribution in [2.75, 3.05) is 0 Å². The van der Waals surface area contributed by atoms with Gasteiger partial charge >= 0.3 is 5.97 Å². The third kappa shape index (κ3) is 7.92. The summed E-state index contributed by atoms with van der Waals surface area (Å²) in [4.78, 5) is 12.9. The van der Waals surface area contributed by atoms with E-state index in [4.69, 9.17) is 14.2 Å². The second-order valence-electron chi connectivity index (χ2n) is 13.0. The fourth-order valence-electron chi connectivity index (χ4n) is 6.57. The number of rotatable bonds is 3. The van der Waals surface area contributed by atoms with E-state index in [1.54, 1.807) is 6.08 Å². The number of hydrogen-bond acceptors (Lipinski definition) is 5. The SMILES string of the molecule is C=C1C[C@H](C)C[C@@H]2CC=C[C@@](C)(C/C=C\C(=O)O[C@H]([C@@H](C)/C=C/C3CCCCC3)C[C@@H]3O[C@@]3(C)[C@@H](O)C1)O2. The van der Waals surface area contributed by atoms with Gasteiger partial charge in [-0.1, -0.05) is 75.6 Å². The first kappa shape index (κ1) is 29.3. The first-order valence-electron chi connectivity index (χ1n) is 15.0. The minimum absolute atomic E-state index is 0.0594. The van der Waals surface area contributed by atoms with Crippen LogP contribution >= 0.6 is 0 Å². The molecule has 0 spiro atoms. The van der Waals surface area contributed by atoms with E-state index in [1.807, 2.05) is 13.0 Å². The number of ether oxygens (including phenoxy) is 3. The summed E-state index contributed by atoms with van der Waals surface area (Å²) in [6, 6.07) is 0. The number of aliphatic hydroxyl groups is 1. The standard InChI is InChI=1S/C33H50O5/c1-23-19-24(2)21-29(34)33(5)30(38-33)22-28(25(3)15-16-26-11-7-6-8-12-26)36-31(35)14-10-18-32(4)17-9-13-27(20-23)37-32/h9-10,14-17,23,25-30,34H,2,6-8,11-13,18-22H2,1,3-5H3/b14-10-,16-15+/t23-,25-,27-,28-,29-,30-,32-,33-/m0/s1. The van der Waals surface area contributed by atoms with Crippen LogP contribution in [0, 0.1) is 17.8 Å². The zero-order valence-corrected chi connectivity index (χ0v) is 24.1. The number of cyclic esters (lactones) is 1. The van der Waals surface area contributed by atoms with Crippen LogP contribution in [0.5, 0.6) is 0 Å². The van der Waals surface area contributed by atoms with Gasteiger partial charge in [-0.3, -0.25) is 0 Å². The lowest BCUT2D eigenvalue weighted by Crippen LogP contribution is -2.35. The van der Waals surface area contributed by atoms with Crippen LogP contribution in [0.25, 0.3) is 0 Å². The molecule has 3 heterocycles. The highest BCUT2D eigenvalue weighted by Gasteiger charge is 2.58. The molecule has 1 aliphatic carbocycles. The summed E-state index contributed by atoms with van der Waals surface area (Å²) >= 11 is 0. The number of allylic oxidation sites excluding steroid dienone is 1. The second-order valence-corrected chi connectivity index (χ2v) is 13.0. The summed E-state index contributed by atoms with van der Waals surface area (Å²) < 4.78 is 18.6. The molecule has 212 valence electrons. The molecule has 0 unspecified atom stereocenters. The minimum Gasteiger partial charge on any atom is -0.459 e. The smallest absolute Gasteiger partial charge is 0.330 e. The largest absolute Gasteiger partial charge is 0.459 e. The molecule has 1 N–H and O–H groups in total. The van der Waals surface area contributed by atoms with Gasteiger partial charge in [0.05, 0.1) is 23.9 Å². The molecule has 2 fully saturated rings. The average molecular weight is 527 g/mol. The molecule has 4 rings (SSSR count). The van der Waals surface area contributed by atoms with E-state index in [-0.39, 0.29) is 30.2 Å². The molecule has 2 bridgehead atoms. The lowest BCUT2D eigenvalue weighted by atomic mass is 9.86. The van der Waals surface area contributed by atoms with E-state index in [2.05, 4.69) is 51.7 Å². The van der Waals surface area contributed by atoms with Crippen molar-refractivity contribution < 1.29 is 24.1 Å². The predicted octanol–water partition coefficient (Wildman–Crippen LogP) is 7.01. The molecule has 0 aromatic rings. The van der Waals surface area contributed by atoms with Gasteiger partial charge in [0.25, 0.3) is 0 Å². The van der Waals surface area contributed by atoms with Crippen molar-refractivity contribution in [3.63, 3.8) is 0 Å². The molecular weight excluding hydrogens is 476 g/mol. The molecule has 8 atom stereocenters. The number of fused-ring (bicyclic) bond motifs is 3. The van der Waals surface area contributed by atoms with E-state index in [9.17, 15) is 9.90 Å². The van der Waals surface area contributed by atoms with Gasteiger partial charge in [-0.25, -0.2) is 4.79 Å². The van der Waals surface area contributed by atoms with Crippen LogP contribution in [0.4, 0.5) is 0 Å². The Kier molecular flexibility index (Phi) is 9.76. The first-order chi connectivity index (χ1) is 18.1. The molecule has 4 aliphatic rings. The molecule has 38 heavy (non-hydrogen) atoms. The van der Waals surface area contributed by atoms with Crippen molar-refractivity contribution in [2.24, 2.45) is 17.8 Å². The molecule has 0 aromatic heterocycles. The van der Waals surface area contributed by atoms with Crippen molar-refractivity contribution in [2.45, 2.75) is 134 Å².